The molecule has 0 fully saturated rings. The fraction of sp³-hybridized carbons (Fsp3) is 0.412. The summed E-state index contributed by atoms with van der Waals surface area (Å²) in [6, 6.07) is 4.28. The highest BCUT2D eigenvalue weighted by atomic mass is 35.5. The number of hydrogen-bond acceptors (Lipinski definition) is 6. The maximum absolute atomic E-state index is 14.2. The summed E-state index contributed by atoms with van der Waals surface area (Å²) in [5.74, 6) is -1.16. The number of benzene rings is 1. The van der Waals surface area contributed by atoms with Crippen molar-refractivity contribution in [2.45, 2.75) is 32.9 Å². The van der Waals surface area contributed by atoms with Gasteiger partial charge in [0.1, 0.15) is 11.9 Å². The molecule has 1 unspecified atom stereocenters. The van der Waals surface area contributed by atoms with Crippen LogP contribution in [0, 0.1) is 18.7 Å². The topological polar surface area (TPSA) is 123 Å². The van der Waals surface area contributed by atoms with Crippen molar-refractivity contribution >= 4 is 24.2 Å². The molecule has 0 spiro atoms. The van der Waals surface area contributed by atoms with Crippen LogP contribution in [0.4, 0.5) is 4.39 Å². The average molecular weight is 400 g/mol. The van der Waals surface area contributed by atoms with Crippen LogP contribution in [0.1, 0.15) is 37.2 Å². The van der Waals surface area contributed by atoms with Crippen LogP contribution in [-0.2, 0) is 9.59 Å². The van der Waals surface area contributed by atoms with E-state index in [1.807, 2.05) is 0 Å². The molecule has 10 heteroatoms. The van der Waals surface area contributed by atoms with E-state index >= 15 is 0 Å². The lowest BCUT2D eigenvalue weighted by atomic mass is 10.0. The minimum atomic E-state index is -0.947. The van der Waals surface area contributed by atoms with Crippen molar-refractivity contribution in [3.8, 4) is 0 Å². The Hall–Kier alpha value is -2.52. The maximum atomic E-state index is 14.2. The molecule has 0 aliphatic heterocycles. The highest BCUT2D eigenvalue weighted by Crippen LogP contribution is 2.22. The molecule has 148 valence electrons. The Morgan fingerprint density at radius 1 is 1.30 bits per heavy atom. The summed E-state index contributed by atoms with van der Waals surface area (Å²) in [4.78, 5) is 28.2. The molecule has 0 saturated heterocycles. The Bertz CT molecular complexity index is 783. The lowest BCUT2D eigenvalue weighted by molar-refractivity contribution is -0.127. The van der Waals surface area contributed by atoms with Crippen molar-refractivity contribution in [2.75, 3.05) is 6.54 Å². The molecule has 8 nitrogen and oxygen atoms in total. The highest BCUT2D eigenvalue weighted by molar-refractivity contribution is 5.87. The van der Waals surface area contributed by atoms with Gasteiger partial charge in [0.15, 0.2) is 5.82 Å². The molecule has 1 aromatic carbocycles. The number of nitrogens with two attached hydrogens (primary N) is 1. The summed E-state index contributed by atoms with van der Waals surface area (Å²) in [7, 11) is 0. The first-order valence-corrected chi connectivity index (χ1v) is 8.17. The van der Waals surface area contributed by atoms with Gasteiger partial charge in [0.25, 0.3) is 0 Å². The van der Waals surface area contributed by atoms with E-state index in [0.29, 0.717) is 0 Å². The summed E-state index contributed by atoms with van der Waals surface area (Å²) in [5, 5.41) is 8.82. The van der Waals surface area contributed by atoms with Crippen molar-refractivity contribution in [3.63, 3.8) is 0 Å². The Balaban J connectivity index is 0.00000364. The molecular weight excluding hydrogens is 377 g/mol. The number of nitrogens with one attached hydrogen (secondary N) is 2. The second-order valence-electron chi connectivity index (χ2n) is 6.18. The first-order valence-electron chi connectivity index (χ1n) is 8.17. The molecule has 0 aliphatic rings. The molecular formula is C17H23ClFN5O3. The lowest BCUT2D eigenvalue weighted by Gasteiger charge is -2.18. The van der Waals surface area contributed by atoms with Crippen molar-refractivity contribution in [1.29, 1.82) is 0 Å². The summed E-state index contributed by atoms with van der Waals surface area (Å²) >= 11 is 0. The first-order chi connectivity index (χ1) is 12.3. The number of nitrogens with zero attached hydrogens (tertiary/aromatic N) is 2. The fourth-order valence-electron chi connectivity index (χ4n) is 2.22. The molecule has 4 N–H and O–H groups in total. The number of aryl methyl sites for hydroxylation is 1. The van der Waals surface area contributed by atoms with E-state index in [-0.39, 0.29) is 42.1 Å². The molecule has 0 bridgehead atoms. The molecule has 0 aliphatic carbocycles. The normalized spacial score (nSPS) is 12.8. The zero-order valence-corrected chi connectivity index (χ0v) is 16.0. The molecule has 0 saturated carbocycles. The van der Waals surface area contributed by atoms with Crippen molar-refractivity contribution in [2.24, 2.45) is 11.7 Å². The van der Waals surface area contributed by atoms with E-state index in [9.17, 15) is 14.0 Å². The van der Waals surface area contributed by atoms with Gasteiger partial charge in [0, 0.05) is 12.5 Å². The van der Waals surface area contributed by atoms with Gasteiger partial charge >= 0.3 is 0 Å². The number of aromatic nitrogens is 2. The summed E-state index contributed by atoms with van der Waals surface area (Å²) in [6.45, 7) is 4.89. The number of halogens is 2. The van der Waals surface area contributed by atoms with E-state index in [4.69, 9.17) is 10.3 Å². The van der Waals surface area contributed by atoms with E-state index in [2.05, 4.69) is 20.8 Å². The second-order valence-corrected chi connectivity index (χ2v) is 6.18. The number of carbonyl (C=O) groups is 2. The fourth-order valence-corrected chi connectivity index (χ4v) is 2.22. The van der Waals surface area contributed by atoms with Gasteiger partial charge in [0.05, 0.1) is 12.6 Å². The predicted octanol–water partition coefficient (Wildman–Crippen LogP) is 1.24. The van der Waals surface area contributed by atoms with Crippen LogP contribution in [0.25, 0.3) is 0 Å². The van der Waals surface area contributed by atoms with Gasteiger partial charge in [0.2, 0.25) is 17.7 Å². The zero-order chi connectivity index (χ0) is 19.3. The van der Waals surface area contributed by atoms with E-state index < -0.39 is 29.7 Å². The number of rotatable bonds is 7. The minimum absolute atomic E-state index is 0. The minimum Gasteiger partial charge on any atom is -0.346 e. The van der Waals surface area contributed by atoms with Crippen LogP contribution >= 0.6 is 12.4 Å². The van der Waals surface area contributed by atoms with Crippen LogP contribution in [-0.4, -0.2) is 34.5 Å². The van der Waals surface area contributed by atoms with Crippen molar-refractivity contribution in [1.82, 2.24) is 20.8 Å². The van der Waals surface area contributed by atoms with Gasteiger partial charge in [-0.1, -0.05) is 37.2 Å². The number of amides is 2. The van der Waals surface area contributed by atoms with Crippen LogP contribution < -0.4 is 16.4 Å². The van der Waals surface area contributed by atoms with Gasteiger partial charge in [-0.05, 0) is 12.0 Å². The molecule has 2 aromatic rings. The SMILES string of the molecule is Cc1nc(C(NC(=O)CNC(=O)[C@@H](N)C(C)C)c2ccccc2F)no1.Cl. The van der Waals surface area contributed by atoms with Gasteiger partial charge in [-0.3, -0.25) is 9.59 Å². The van der Waals surface area contributed by atoms with Crippen LogP contribution in [0.2, 0.25) is 0 Å². The number of hydrogen-bond donors (Lipinski definition) is 3. The summed E-state index contributed by atoms with van der Waals surface area (Å²) in [6.07, 6.45) is 0. The van der Waals surface area contributed by atoms with E-state index in [0.717, 1.165) is 0 Å². The van der Waals surface area contributed by atoms with Gasteiger partial charge in [-0.15, -0.1) is 12.4 Å². The third-order valence-electron chi connectivity index (χ3n) is 3.77. The maximum Gasteiger partial charge on any atom is 0.240 e. The second kappa shape index (κ2) is 9.98. The van der Waals surface area contributed by atoms with Crippen molar-refractivity contribution < 1.29 is 18.5 Å². The molecule has 2 rings (SSSR count). The smallest absolute Gasteiger partial charge is 0.240 e. The van der Waals surface area contributed by atoms with Crippen molar-refractivity contribution in [3.05, 3.63) is 47.4 Å². The van der Waals surface area contributed by atoms with Crippen LogP contribution in [0.3, 0.4) is 0 Å². The van der Waals surface area contributed by atoms with E-state index in [1.165, 1.54) is 18.2 Å². The Morgan fingerprint density at radius 2 is 1.96 bits per heavy atom. The third-order valence-corrected chi connectivity index (χ3v) is 3.77. The monoisotopic (exact) mass is 399 g/mol. The first kappa shape index (κ1) is 22.5. The molecule has 1 heterocycles. The Kier molecular flexibility index (Phi) is 8.32. The zero-order valence-electron chi connectivity index (χ0n) is 15.2. The number of carbonyl (C=O) groups excluding carboxylic acids is 2. The van der Waals surface area contributed by atoms with E-state index in [1.54, 1.807) is 26.8 Å². The Morgan fingerprint density at radius 3 is 2.52 bits per heavy atom. The van der Waals surface area contributed by atoms with Gasteiger partial charge < -0.3 is 20.9 Å². The molecule has 1 aromatic heterocycles. The quantitative estimate of drug-likeness (QED) is 0.643. The third kappa shape index (κ3) is 6.00. The molecule has 2 atom stereocenters. The lowest BCUT2D eigenvalue weighted by Crippen LogP contribution is -2.47. The largest absolute Gasteiger partial charge is 0.346 e. The van der Waals surface area contributed by atoms with Crippen LogP contribution in [0.5, 0.6) is 0 Å². The summed E-state index contributed by atoms with van der Waals surface area (Å²) < 4.78 is 19.1. The highest BCUT2D eigenvalue weighted by Gasteiger charge is 2.25. The standard InChI is InChI=1S/C17H22FN5O3.ClH/c1-9(2)14(19)17(25)20-8-13(24)22-15(16-21-10(3)26-23-16)11-6-4-5-7-12(11)18;/h4-7,9,14-15H,8,19H2,1-3H3,(H,20,25)(H,22,24);1H/t14-,15?;/m0./s1. The molecule has 2 amide bonds. The predicted molar refractivity (Wildman–Crippen MR) is 98.5 cm³/mol. The van der Waals surface area contributed by atoms with Gasteiger partial charge in [-0.2, -0.15) is 4.98 Å². The summed E-state index contributed by atoms with van der Waals surface area (Å²) in [5.41, 5.74) is 5.91. The molecule has 0 radical (unpaired) electrons. The van der Waals surface area contributed by atoms with Crippen LogP contribution in [0.15, 0.2) is 28.8 Å². The van der Waals surface area contributed by atoms with Gasteiger partial charge in [-0.25, -0.2) is 4.39 Å². The molecule has 27 heavy (non-hydrogen) atoms. The average Bonchev–Trinajstić information content (AvgIpc) is 3.03. The Labute approximate surface area is 162 Å².